The second-order valence-electron chi connectivity index (χ2n) is 4.77. The van der Waals surface area contributed by atoms with Crippen molar-refractivity contribution in [3.8, 4) is 0 Å². The number of aliphatic hydroxyl groups excluding tert-OH is 1. The van der Waals surface area contributed by atoms with Crippen LogP contribution in [0.15, 0.2) is 30.3 Å². The molecule has 8 heteroatoms. The normalized spacial score (nSPS) is 13.3. The lowest BCUT2D eigenvalue weighted by atomic mass is 9.95. The second-order valence-corrected chi connectivity index (χ2v) is 4.77. The lowest BCUT2D eigenvalue weighted by molar-refractivity contribution is 0.140. The van der Waals surface area contributed by atoms with Crippen molar-refractivity contribution in [1.82, 2.24) is 0 Å². The Labute approximate surface area is 135 Å². The van der Waals surface area contributed by atoms with Crippen molar-refractivity contribution in [2.24, 2.45) is 5.73 Å². The number of aliphatic hydroxyl groups is 1. The first kappa shape index (κ1) is 19.3. The Morgan fingerprint density at radius 1 is 0.826 bits per heavy atom. The summed E-state index contributed by atoms with van der Waals surface area (Å²) in [7, 11) is 0. The number of halogens is 6. The van der Waals surface area contributed by atoms with E-state index in [9.17, 15) is 27.1 Å². The quantitative estimate of drug-likeness (QED) is 0.503. The first-order valence-corrected chi connectivity index (χ1v) is 6.33. The highest BCUT2D eigenvalue weighted by atomic mass is 35.5. The van der Waals surface area contributed by atoms with E-state index in [4.69, 9.17) is 5.73 Å². The molecule has 2 aromatic carbocycles. The average molecular weight is 354 g/mol. The van der Waals surface area contributed by atoms with Gasteiger partial charge in [0.2, 0.25) is 5.82 Å². The molecule has 0 fully saturated rings. The van der Waals surface area contributed by atoms with Crippen LogP contribution in [0.2, 0.25) is 0 Å². The topological polar surface area (TPSA) is 46.2 Å². The van der Waals surface area contributed by atoms with Crippen LogP contribution in [0.4, 0.5) is 22.0 Å². The molecule has 0 bridgehead atoms. The zero-order valence-electron chi connectivity index (χ0n) is 11.6. The summed E-state index contributed by atoms with van der Waals surface area (Å²) in [6.45, 7) is 0. The van der Waals surface area contributed by atoms with Gasteiger partial charge in [-0.3, -0.25) is 0 Å². The summed E-state index contributed by atoms with van der Waals surface area (Å²) in [4.78, 5) is 0. The minimum Gasteiger partial charge on any atom is -0.391 e. The summed E-state index contributed by atoms with van der Waals surface area (Å²) in [5.74, 6) is -10.5. The highest BCUT2D eigenvalue weighted by molar-refractivity contribution is 5.85. The fourth-order valence-corrected chi connectivity index (χ4v) is 2.09. The third-order valence-corrected chi connectivity index (χ3v) is 3.28. The minimum atomic E-state index is -2.26. The third-order valence-electron chi connectivity index (χ3n) is 3.28. The van der Waals surface area contributed by atoms with Crippen molar-refractivity contribution < 1.29 is 27.1 Å². The van der Waals surface area contributed by atoms with E-state index in [0.717, 1.165) is 0 Å². The molecule has 0 aliphatic heterocycles. The monoisotopic (exact) mass is 353 g/mol. The zero-order chi connectivity index (χ0) is 16.4. The van der Waals surface area contributed by atoms with E-state index in [2.05, 4.69) is 0 Å². The van der Waals surface area contributed by atoms with Crippen LogP contribution in [0.25, 0.3) is 0 Å². The van der Waals surface area contributed by atoms with Gasteiger partial charge in [0, 0.05) is 12.0 Å². The number of rotatable bonds is 4. The van der Waals surface area contributed by atoms with Gasteiger partial charge in [0.25, 0.3) is 0 Å². The van der Waals surface area contributed by atoms with Crippen molar-refractivity contribution in [2.45, 2.75) is 18.6 Å². The molecule has 0 heterocycles. The smallest absolute Gasteiger partial charge is 0.200 e. The van der Waals surface area contributed by atoms with Gasteiger partial charge in [-0.15, -0.1) is 12.4 Å². The number of hydrogen-bond acceptors (Lipinski definition) is 2. The summed E-state index contributed by atoms with van der Waals surface area (Å²) in [6.07, 6.45) is -1.61. The maximum atomic E-state index is 13.6. The van der Waals surface area contributed by atoms with Crippen molar-refractivity contribution in [3.05, 3.63) is 70.5 Å². The molecule has 0 saturated carbocycles. The molecule has 0 aliphatic carbocycles. The standard InChI is InChI=1S/C15H12F5NO.ClH/c16-10-9(11(17)13(19)14(20)12(10)18)15(21)8(22)6-7-4-2-1-3-5-7;/h1-5,8,15,22H,6,21H2;1H/t8-,15-;/m0./s1. The SMILES string of the molecule is Cl.N[C@H](c1c(F)c(F)c(F)c(F)c1F)[C@@H](O)Cc1ccccc1. The number of nitrogens with two attached hydrogens (primary N) is 1. The lowest BCUT2D eigenvalue weighted by Crippen LogP contribution is -2.31. The number of benzene rings is 2. The van der Waals surface area contributed by atoms with Crippen LogP contribution in [0.5, 0.6) is 0 Å². The lowest BCUT2D eigenvalue weighted by Gasteiger charge is -2.21. The molecule has 2 nitrogen and oxygen atoms in total. The van der Waals surface area contributed by atoms with Crippen LogP contribution in [0.1, 0.15) is 17.2 Å². The van der Waals surface area contributed by atoms with E-state index < -0.39 is 46.8 Å². The van der Waals surface area contributed by atoms with Gasteiger partial charge >= 0.3 is 0 Å². The van der Waals surface area contributed by atoms with E-state index in [0.29, 0.717) is 5.56 Å². The Balaban J connectivity index is 0.00000264. The summed E-state index contributed by atoms with van der Waals surface area (Å²) >= 11 is 0. The molecule has 2 aromatic rings. The van der Waals surface area contributed by atoms with E-state index in [1.54, 1.807) is 30.3 Å². The highest BCUT2D eigenvalue weighted by Gasteiger charge is 2.31. The molecule has 0 radical (unpaired) electrons. The molecule has 126 valence electrons. The van der Waals surface area contributed by atoms with Crippen molar-refractivity contribution >= 4 is 12.4 Å². The van der Waals surface area contributed by atoms with E-state index >= 15 is 0 Å². The van der Waals surface area contributed by atoms with Crippen molar-refractivity contribution in [3.63, 3.8) is 0 Å². The van der Waals surface area contributed by atoms with E-state index in [1.807, 2.05) is 0 Å². The van der Waals surface area contributed by atoms with Crippen molar-refractivity contribution in [2.75, 3.05) is 0 Å². The van der Waals surface area contributed by atoms with Crippen LogP contribution in [-0.4, -0.2) is 11.2 Å². The number of hydrogen-bond donors (Lipinski definition) is 2. The predicted octanol–water partition coefficient (Wildman–Crippen LogP) is 3.41. The van der Waals surface area contributed by atoms with Crippen LogP contribution < -0.4 is 5.73 Å². The van der Waals surface area contributed by atoms with Crippen molar-refractivity contribution in [1.29, 1.82) is 0 Å². The summed E-state index contributed by atoms with van der Waals surface area (Å²) in [6, 6.07) is 6.57. The third kappa shape index (κ3) is 3.80. The molecule has 0 amide bonds. The first-order valence-electron chi connectivity index (χ1n) is 6.33. The van der Waals surface area contributed by atoms with Gasteiger partial charge in [-0.05, 0) is 5.56 Å². The van der Waals surface area contributed by atoms with Gasteiger partial charge in [-0.2, -0.15) is 0 Å². The first-order chi connectivity index (χ1) is 10.3. The van der Waals surface area contributed by atoms with Crippen LogP contribution in [-0.2, 0) is 6.42 Å². The summed E-state index contributed by atoms with van der Waals surface area (Å²) < 4.78 is 66.6. The highest BCUT2D eigenvalue weighted by Crippen LogP contribution is 2.29. The Bertz CT molecular complexity index is 654. The predicted molar refractivity (Wildman–Crippen MR) is 76.6 cm³/mol. The largest absolute Gasteiger partial charge is 0.391 e. The molecule has 0 saturated heterocycles. The fourth-order valence-electron chi connectivity index (χ4n) is 2.09. The van der Waals surface area contributed by atoms with Gasteiger partial charge in [0.15, 0.2) is 23.3 Å². The molecule has 0 unspecified atom stereocenters. The molecule has 2 rings (SSSR count). The molecule has 0 spiro atoms. The molecule has 2 atom stereocenters. The molecular weight excluding hydrogens is 341 g/mol. The van der Waals surface area contributed by atoms with Gasteiger partial charge in [0.05, 0.1) is 12.1 Å². The van der Waals surface area contributed by atoms with E-state index in [1.165, 1.54) is 0 Å². The van der Waals surface area contributed by atoms with E-state index in [-0.39, 0.29) is 18.8 Å². The Morgan fingerprint density at radius 2 is 1.26 bits per heavy atom. The van der Waals surface area contributed by atoms with Crippen LogP contribution in [0, 0.1) is 29.1 Å². The summed E-state index contributed by atoms with van der Waals surface area (Å²) in [5.41, 5.74) is 4.87. The minimum absolute atomic E-state index is 0. The second kappa shape index (κ2) is 7.72. The van der Waals surface area contributed by atoms with Gasteiger partial charge in [-0.25, -0.2) is 22.0 Å². The van der Waals surface area contributed by atoms with Gasteiger partial charge in [0.1, 0.15) is 0 Å². The molecule has 3 N–H and O–H groups in total. The van der Waals surface area contributed by atoms with Gasteiger partial charge < -0.3 is 10.8 Å². The van der Waals surface area contributed by atoms with Crippen LogP contribution >= 0.6 is 12.4 Å². The van der Waals surface area contributed by atoms with Gasteiger partial charge in [-0.1, -0.05) is 30.3 Å². The van der Waals surface area contributed by atoms with Crippen LogP contribution in [0.3, 0.4) is 0 Å². The Hall–Kier alpha value is -1.70. The average Bonchev–Trinajstić information content (AvgIpc) is 2.52. The maximum Gasteiger partial charge on any atom is 0.200 e. The fraction of sp³-hybridized carbons (Fsp3) is 0.200. The Morgan fingerprint density at radius 3 is 1.74 bits per heavy atom. The zero-order valence-corrected chi connectivity index (χ0v) is 12.4. The molecular formula is C15H13ClF5NO. The Kier molecular flexibility index (Phi) is 6.49. The maximum absolute atomic E-state index is 13.6. The molecule has 23 heavy (non-hydrogen) atoms. The summed E-state index contributed by atoms with van der Waals surface area (Å²) in [5, 5.41) is 9.93. The molecule has 0 aromatic heterocycles. The molecule has 0 aliphatic rings.